The number of hydrogen-bond donors (Lipinski definition) is 1. The molecule has 1 aliphatic rings. The van der Waals surface area contributed by atoms with Crippen LogP contribution in [0.15, 0.2) is 35.1 Å². The van der Waals surface area contributed by atoms with Crippen LogP contribution in [0, 0.1) is 0 Å². The molecule has 0 bridgehead atoms. The molecule has 1 aromatic carbocycles. The van der Waals surface area contributed by atoms with E-state index in [1.165, 1.54) is 4.68 Å². The highest BCUT2D eigenvalue weighted by Crippen LogP contribution is 2.17. The number of nitrogens with one attached hydrogen (secondary N) is 1. The summed E-state index contributed by atoms with van der Waals surface area (Å²) in [6, 6.07) is 9.58. The minimum Gasteiger partial charge on any atom is -0.354 e. The van der Waals surface area contributed by atoms with Crippen molar-refractivity contribution in [2.24, 2.45) is 7.05 Å². The number of carbonyl (C=O) groups is 1. The third-order valence-corrected chi connectivity index (χ3v) is 5.12. The summed E-state index contributed by atoms with van der Waals surface area (Å²) in [6.45, 7) is 0.421. The molecular weight excluding hydrogens is 342 g/mol. The van der Waals surface area contributed by atoms with Crippen molar-refractivity contribution in [1.29, 1.82) is 0 Å². The lowest BCUT2D eigenvalue weighted by atomic mass is 9.97. The van der Waals surface area contributed by atoms with Crippen LogP contribution in [-0.2, 0) is 37.6 Å². The maximum Gasteiger partial charge on any atom is 0.267 e. The molecule has 1 amide bonds. The lowest BCUT2D eigenvalue weighted by Gasteiger charge is -2.15. The van der Waals surface area contributed by atoms with Crippen LogP contribution < -0.4 is 10.9 Å². The van der Waals surface area contributed by atoms with E-state index in [4.69, 9.17) is 0 Å². The molecular formula is C20H23N5O2. The predicted octanol–water partition coefficient (Wildman–Crippen LogP) is 1.37. The van der Waals surface area contributed by atoms with Crippen molar-refractivity contribution in [3.8, 4) is 0 Å². The van der Waals surface area contributed by atoms with Crippen molar-refractivity contribution < 1.29 is 4.79 Å². The molecule has 3 aromatic rings. The van der Waals surface area contributed by atoms with E-state index in [-0.39, 0.29) is 18.0 Å². The minimum absolute atomic E-state index is 0.0470. The maximum absolute atomic E-state index is 12.2. The lowest BCUT2D eigenvalue weighted by Crippen LogP contribution is -2.35. The largest absolute Gasteiger partial charge is 0.354 e. The molecule has 27 heavy (non-hydrogen) atoms. The molecule has 0 unspecified atom stereocenters. The highest BCUT2D eigenvalue weighted by Gasteiger charge is 2.15. The average Bonchev–Trinajstić information content (AvgIpc) is 2.98. The summed E-state index contributed by atoms with van der Waals surface area (Å²) in [7, 11) is 1.98. The molecule has 0 saturated carbocycles. The Morgan fingerprint density at radius 2 is 2.04 bits per heavy atom. The van der Waals surface area contributed by atoms with E-state index in [9.17, 15) is 9.59 Å². The van der Waals surface area contributed by atoms with Crippen LogP contribution in [0.1, 0.15) is 29.9 Å². The van der Waals surface area contributed by atoms with E-state index < -0.39 is 0 Å². The van der Waals surface area contributed by atoms with Gasteiger partial charge in [0.2, 0.25) is 5.91 Å². The van der Waals surface area contributed by atoms with Crippen LogP contribution in [0.2, 0.25) is 0 Å². The van der Waals surface area contributed by atoms with Crippen LogP contribution in [0.4, 0.5) is 0 Å². The van der Waals surface area contributed by atoms with Gasteiger partial charge in [0.05, 0.1) is 16.7 Å². The normalized spacial score (nSPS) is 13.5. The Morgan fingerprint density at radius 1 is 1.22 bits per heavy atom. The molecule has 0 atom stereocenters. The maximum atomic E-state index is 12.2. The molecule has 0 radical (unpaired) electrons. The van der Waals surface area contributed by atoms with E-state index in [1.54, 1.807) is 6.07 Å². The summed E-state index contributed by atoms with van der Waals surface area (Å²) in [6.07, 6.45) is 4.60. The summed E-state index contributed by atoms with van der Waals surface area (Å²) < 4.78 is 3.31. The summed E-state index contributed by atoms with van der Waals surface area (Å²) in [5.74, 6) is 0.708. The van der Waals surface area contributed by atoms with Crippen LogP contribution in [0.25, 0.3) is 11.0 Å². The van der Waals surface area contributed by atoms with Crippen LogP contribution >= 0.6 is 0 Å². The predicted molar refractivity (Wildman–Crippen MR) is 103 cm³/mol. The number of amides is 1. The zero-order valence-electron chi connectivity index (χ0n) is 15.4. The SMILES string of the molecule is Cn1c(CCNC(=O)Cn2nc3c(cc2=O)CCCC3)nc2ccccc21. The van der Waals surface area contributed by atoms with Gasteiger partial charge in [-0.2, -0.15) is 5.10 Å². The molecule has 1 aliphatic carbocycles. The van der Waals surface area contributed by atoms with Crippen molar-refractivity contribution in [1.82, 2.24) is 24.6 Å². The zero-order valence-corrected chi connectivity index (χ0v) is 15.4. The second kappa shape index (κ2) is 7.34. The van der Waals surface area contributed by atoms with Crippen molar-refractivity contribution in [2.45, 2.75) is 38.6 Å². The van der Waals surface area contributed by atoms with Crippen molar-refractivity contribution >= 4 is 16.9 Å². The highest BCUT2D eigenvalue weighted by atomic mass is 16.2. The molecule has 1 N–H and O–H groups in total. The summed E-state index contributed by atoms with van der Waals surface area (Å²) in [5, 5.41) is 7.26. The number of carbonyl (C=O) groups excluding carboxylic acids is 1. The molecule has 140 valence electrons. The van der Waals surface area contributed by atoms with Crippen LogP contribution in [0.5, 0.6) is 0 Å². The number of imidazole rings is 1. The number of aryl methyl sites for hydroxylation is 3. The van der Waals surface area contributed by atoms with Crippen molar-refractivity contribution in [3.63, 3.8) is 0 Å². The lowest BCUT2D eigenvalue weighted by molar-refractivity contribution is -0.121. The molecule has 7 nitrogen and oxygen atoms in total. The molecule has 0 fully saturated rings. The first-order valence-corrected chi connectivity index (χ1v) is 9.39. The number of hydrogen-bond acceptors (Lipinski definition) is 4. The quantitative estimate of drug-likeness (QED) is 0.740. The molecule has 0 spiro atoms. The smallest absolute Gasteiger partial charge is 0.267 e. The van der Waals surface area contributed by atoms with Gasteiger partial charge in [-0.3, -0.25) is 9.59 Å². The van der Waals surface area contributed by atoms with Crippen LogP contribution in [0.3, 0.4) is 0 Å². The van der Waals surface area contributed by atoms with Gasteiger partial charge >= 0.3 is 0 Å². The number of rotatable bonds is 5. The van der Waals surface area contributed by atoms with Gasteiger partial charge in [-0.1, -0.05) is 12.1 Å². The average molecular weight is 365 g/mol. The van der Waals surface area contributed by atoms with Crippen molar-refractivity contribution in [3.05, 3.63) is 57.8 Å². The molecule has 4 rings (SSSR count). The van der Waals surface area contributed by atoms with Crippen LogP contribution in [-0.4, -0.2) is 31.8 Å². The first-order chi connectivity index (χ1) is 13.1. The molecule has 0 saturated heterocycles. The molecule has 2 aromatic heterocycles. The third-order valence-electron chi connectivity index (χ3n) is 5.12. The van der Waals surface area contributed by atoms with E-state index in [0.29, 0.717) is 13.0 Å². The highest BCUT2D eigenvalue weighted by molar-refractivity contribution is 5.76. The fraction of sp³-hybridized carbons (Fsp3) is 0.400. The summed E-state index contributed by atoms with van der Waals surface area (Å²) in [4.78, 5) is 29.0. The topological polar surface area (TPSA) is 81.8 Å². The second-order valence-electron chi connectivity index (χ2n) is 6.99. The van der Waals surface area contributed by atoms with E-state index in [1.807, 2.05) is 35.9 Å². The Bertz CT molecular complexity index is 1050. The molecule has 0 aliphatic heterocycles. The number of aromatic nitrogens is 4. The first-order valence-electron chi connectivity index (χ1n) is 9.39. The summed E-state index contributed by atoms with van der Waals surface area (Å²) >= 11 is 0. The van der Waals surface area contributed by atoms with Gasteiger partial charge in [0.25, 0.3) is 5.56 Å². The monoisotopic (exact) mass is 365 g/mol. The van der Waals surface area contributed by atoms with Gasteiger partial charge in [-0.05, 0) is 43.4 Å². The van der Waals surface area contributed by atoms with Gasteiger partial charge in [0.15, 0.2) is 0 Å². The number of fused-ring (bicyclic) bond motifs is 2. The summed E-state index contributed by atoms with van der Waals surface area (Å²) in [5.41, 5.74) is 3.80. The molecule has 7 heteroatoms. The third kappa shape index (κ3) is 3.63. The Kier molecular flexibility index (Phi) is 4.75. The van der Waals surface area contributed by atoms with Crippen molar-refractivity contribution in [2.75, 3.05) is 6.54 Å². The number of para-hydroxylation sites is 2. The zero-order chi connectivity index (χ0) is 18.8. The molecule has 2 heterocycles. The number of benzene rings is 1. The van der Waals surface area contributed by atoms with E-state index in [0.717, 1.165) is 53.8 Å². The van der Waals surface area contributed by atoms with Gasteiger partial charge in [0, 0.05) is 26.1 Å². The van der Waals surface area contributed by atoms with Gasteiger partial charge in [0.1, 0.15) is 12.4 Å². The van der Waals surface area contributed by atoms with Gasteiger partial charge in [-0.15, -0.1) is 0 Å². The van der Waals surface area contributed by atoms with Gasteiger partial charge in [-0.25, -0.2) is 9.67 Å². The minimum atomic E-state index is -0.209. The second-order valence-corrected chi connectivity index (χ2v) is 6.99. The number of nitrogens with zero attached hydrogens (tertiary/aromatic N) is 4. The Hall–Kier alpha value is -2.96. The Labute approximate surface area is 157 Å². The fourth-order valence-electron chi connectivity index (χ4n) is 3.64. The van der Waals surface area contributed by atoms with E-state index in [2.05, 4.69) is 15.4 Å². The van der Waals surface area contributed by atoms with Gasteiger partial charge < -0.3 is 9.88 Å². The van der Waals surface area contributed by atoms with E-state index >= 15 is 0 Å². The first kappa shape index (κ1) is 17.5. The fourth-order valence-corrected chi connectivity index (χ4v) is 3.64. The Morgan fingerprint density at radius 3 is 2.89 bits per heavy atom. The Balaban J connectivity index is 1.37. The standard InChI is InChI=1S/C20H23N5O2/c1-24-17-9-5-4-8-16(17)22-18(24)10-11-21-19(26)13-25-20(27)12-14-6-2-3-7-15(14)23-25/h4-5,8-9,12H,2-3,6-7,10-11,13H2,1H3,(H,21,26).